The van der Waals surface area contributed by atoms with Crippen molar-refractivity contribution in [3.63, 3.8) is 0 Å². The van der Waals surface area contributed by atoms with Gasteiger partial charge in [-0.25, -0.2) is 0 Å². The van der Waals surface area contributed by atoms with Crippen LogP contribution in [0.25, 0.3) is 0 Å². The van der Waals surface area contributed by atoms with E-state index in [1.165, 1.54) is 43.6 Å². The Hall–Kier alpha value is -1.02. The fraction of sp³-hybridized carbons (Fsp3) is 0.684. The number of piperidine rings is 1. The summed E-state index contributed by atoms with van der Waals surface area (Å²) in [7, 11) is 0. The Bertz CT molecular complexity index is 441. The highest BCUT2D eigenvalue weighted by molar-refractivity contribution is 5.35. The summed E-state index contributed by atoms with van der Waals surface area (Å²) in [5.74, 6) is 2.46. The number of likely N-dealkylation sites (tertiary alicyclic amines) is 1. The number of hydrogen-bond acceptors (Lipinski definition) is 2. The van der Waals surface area contributed by atoms with Gasteiger partial charge in [-0.15, -0.1) is 0 Å². The molecule has 1 aromatic carbocycles. The second kappa shape index (κ2) is 7.84. The molecule has 0 saturated carbocycles. The standard InChI is InChI=1S/C19H31NO/c1-15(2)18-11-17(4)12-19(13-18)21-10-6-9-20-8-5-7-16(3)14-20/h11-13,15-16H,5-10,14H2,1-4H3. The molecule has 0 spiro atoms. The van der Waals surface area contributed by atoms with E-state index in [4.69, 9.17) is 4.74 Å². The van der Waals surface area contributed by atoms with Crippen molar-refractivity contribution in [2.75, 3.05) is 26.2 Å². The van der Waals surface area contributed by atoms with E-state index in [2.05, 4.69) is 50.8 Å². The van der Waals surface area contributed by atoms with E-state index < -0.39 is 0 Å². The Kier molecular flexibility index (Phi) is 6.10. The molecule has 21 heavy (non-hydrogen) atoms. The smallest absolute Gasteiger partial charge is 0.119 e. The molecular formula is C19H31NO. The van der Waals surface area contributed by atoms with Crippen LogP contribution in [0.3, 0.4) is 0 Å². The van der Waals surface area contributed by atoms with Crippen LogP contribution in [0.15, 0.2) is 18.2 Å². The Morgan fingerprint density at radius 3 is 2.81 bits per heavy atom. The summed E-state index contributed by atoms with van der Waals surface area (Å²) in [4.78, 5) is 2.59. The fourth-order valence-electron chi connectivity index (χ4n) is 3.16. The van der Waals surface area contributed by atoms with Gasteiger partial charge in [0.2, 0.25) is 0 Å². The summed E-state index contributed by atoms with van der Waals surface area (Å²) in [5.41, 5.74) is 2.66. The Labute approximate surface area is 130 Å². The zero-order valence-electron chi connectivity index (χ0n) is 14.2. The lowest BCUT2D eigenvalue weighted by atomic mass is 10.0. The van der Waals surface area contributed by atoms with Crippen LogP contribution in [0.5, 0.6) is 5.75 Å². The lowest BCUT2D eigenvalue weighted by molar-refractivity contribution is 0.170. The molecule has 0 radical (unpaired) electrons. The predicted octanol–water partition coefficient (Wildman–Crippen LogP) is 4.62. The first-order valence-corrected chi connectivity index (χ1v) is 8.51. The largest absolute Gasteiger partial charge is 0.494 e. The first kappa shape index (κ1) is 16.4. The van der Waals surface area contributed by atoms with Crippen molar-refractivity contribution >= 4 is 0 Å². The van der Waals surface area contributed by atoms with E-state index in [-0.39, 0.29) is 0 Å². The number of hydrogen-bond donors (Lipinski definition) is 0. The molecule has 1 fully saturated rings. The molecule has 1 aromatic rings. The lowest BCUT2D eigenvalue weighted by Crippen LogP contribution is -2.35. The van der Waals surface area contributed by atoms with Crippen molar-refractivity contribution in [1.82, 2.24) is 4.90 Å². The average Bonchev–Trinajstić information content (AvgIpc) is 2.43. The molecular weight excluding hydrogens is 258 g/mol. The van der Waals surface area contributed by atoms with Crippen LogP contribution in [-0.2, 0) is 0 Å². The minimum atomic E-state index is 0.557. The van der Waals surface area contributed by atoms with Crippen molar-refractivity contribution in [3.05, 3.63) is 29.3 Å². The molecule has 1 aliphatic heterocycles. The van der Waals surface area contributed by atoms with E-state index >= 15 is 0 Å². The molecule has 0 bridgehead atoms. The highest BCUT2D eigenvalue weighted by Gasteiger charge is 2.15. The normalized spacial score (nSPS) is 20.0. The maximum absolute atomic E-state index is 5.97. The minimum absolute atomic E-state index is 0.557. The number of nitrogens with zero attached hydrogens (tertiary/aromatic N) is 1. The summed E-state index contributed by atoms with van der Waals surface area (Å²) >= 11 is 0. The van der Waals surface area contributed by atoms with Gasteiger partial charge >= 0.3 is 0 Å². The molecule has 0 N–H and O–H groups in total. The second-order valence-corrected chi connectivity index (χ2v) is 6.98. The van der Waals surface area contributed by atoms with Crippen molar-refractivity contribution in [2.24, 2.45) is 5.92 Å². The zero-order valence-corrected chi connectivity index (χ0v) is 14.2. The Balaban J connectivity index is 1.75. The van der Waals surface area contributed by atoms with E-state index in [0.29, 0.717) is 5.92 Å². The second-order valence-electron chi connectivity index (χ2n) is 6.98. The lowest BCUT2D eigenvalue weighted by Gasteiger charge is -2.30. The van der Waals surface area contributed by atoms with Crippen molar-refractivity contribution < 1.29 is 4.74 Å². The van der Waals surface area contributed by atoms with Gasteiger partial charge in [0.1, 0.15) is 5.75 Å². The molecule has 118 valence electrons. The van der Waals surface area contributed by atoms with Crippen LogP contribution < -0.4 is 4.74 Å². The number of ether oxygens (including phenoxy) is 1. The monoisotopic (exact) mass is 289 g/mol. The predicted molar refractivity (Wildman–Crippen MR) is 90.2 cm³/mol. The molecule has 0 aliphatic carbocycles. The van der Waals surface area contributed by atoms with E-state index in [1.54, 1.807) is 0 Å². The Morgan fingerprint density at radius 2 is 2.10 bits per heavy atom. The molecule has 1 unspecified atom stereocenters. The number of benzene rings is 1. The molecule has 2 rings (SSSR count). The van der Waals surface area contributed by atoms with Crippen LogP contribution in [-0.4, -0.2) is 31.1 Å². The van der Waals surface area contributed by atoms with Gasteiger partial charge in [0.05, 0.1) is 6.61 Å². The van der Waals surface area contributed by atoms with E-state index in [1.807, 2.05) is 0 Å². The molecule has 1 heterocycles. The number of rotatable bonds is 6. The molecule has 2 heteroatoms. The summed E-state index contributed by atoms with van der Waals surface area (Å²) in [6.07, 6.45) is 3.88. The third-order valence-electron chi connectivity index (χ3n) is 4.37. The third-order valence-corrected chi connectivity index (χ3v) is 4.37. The Morgan fingerprint density at radius 1 is 1.29 bits per heavy atom. The first-order valence-electron chi connectivity index (χ1n) is 8.51. The number of aryl methyl sites for hydroxylation is 1. The first-order chi connectivity index (χ1) is 10.0. The van der Waals surface area contributed by atoms with Crippen molar-refractivity contribution in [3.8, 4) is 5.75 Å². The quantitative estimate of drug-likeness (QED) is 0.709. The highest BCUT2D eigenvalue weighted by atomic mass is 16.5. The summed E-state index contributed by atoms with van der Waals surface area (Å²) in [5, 5.41) is 0. The summed E-state index contributed by atoms with van der Waals surface area (Å²) in [6, 6.07) is 6.60. The van der Waals surface area contributed by atoms with Gasteiger partial charge < -0.3 is 9.64 Å². The van der Waals surface area contributed by atoms with Gasteiger partial charge in [0.25, 0.3) is 0 Å². The minimum Gasteiger partial charge on any atom is -0.494 e. The third kappa shape index (κ3) is 5.35. The molecule has 1 saturated heterocycles. The maximum Gasteiger partial charge on any atom is 0.119 e. The molecule has 2 nitrogen and oxygen atoms in total. The van der Waals surface area contributed by atoms with Crippen LogP contribution in [0, 0.1) is 12.8 Å². The van der Waals surface area contributed by atoms with Gasteiger partial charge in [-0.3, -0.25) is 0 Å². The van der Waals surface area contributed by atoms with Gasteiger partial charge in [0.15, 0.2) is 0 Å². The molecule has 0 aromatic heterocycles. The molecule has 0 amide bonds. The van der Waals surface area contributed by atoms with Gasteiger partial charge in [-0.05, 0) is 67.8 Å². The highest BCUT2D eigenvalue weighted by Crippen LogP contribution is 2.23. The van der Waals surface area contributed by atoms with Gasteiger partial charge in [-0.1, -0.05) is 26.8 Å². The molecule has 1 aliphatic rings. The molecule has 1 atom stereocenters. The van der Waals surface area contributed by atoms with E-state index in [0.717, 1.165) is 24.7 Å². The van der Waals surface area contributed by atoms with Crippen LogP contribution >= 0.6 is 0 Å². The fourth-order valence-corrected chi connectivity index (χ4v) is 3.16. The zero-order chi connectivity index (χ0) is 15.2. The van der Waals surface area contributed by atoms with Crippen LogP contribution in [0.1, 0.15) is 57.1 Å². The van der Waals surface area contributed by atoms with Gasteiger partial charge in [-0.2, -0.15) is 0 Å². The van der Waals surface area contributed by atoms with Crippen molar-refractivity contribution in [2.45, 2.75) is 52.9 Å². The van der Waals surface area contributed by atoms with Gasteiger partial charge in [0, 0.05) is 13.1 Å². The topological polar surface area (TPSA) is 12.5 Å². The maximum atomic E-state index is 5.97. The van der Waals surface area contributed by atoms with Crippen molar-refractivity contribution in [1.29, 1.82) is 0 Å². The summed E-state index contributed by atoms with van der Waals surface area (Å²) < 4.78 is 5.97. The summed E-state index contributed by atoms with van der Waals surface area (Å²) in [6.45, 7) is 13.5. The van der Waals surface area contributed by atoms with Crippen LogP contribution in [0.2, 0.25) is 0 Å². The SMILES string of the molecule is Cc1cc(OCCCN2CCCC(C)C2)cc(C(C)C)c1. The van der Waals surface area contributed by atoms with Crippen LogP contribution in [0.4, 0.5) is 0 Å². The average molecular weight is 289 g/mol. The van der Waals surface area contributed by atoms with E-state index in [9.17, 15) is 0 Å².